The average Bonchev–Trinajstić information content (AvgIpc) is 3.01. The first kappa shape index (κ1) is 11.3. The molecule has 1 saturated carbocycles. The largest absolute Gasteiger partial charge is 0.374 e. The highest BCUT2D eigenvalue weighted by Crippen LogP contribution is 2.32. The Bertz CT molecular complexity index is 349. The summed E-state index contributed by atoms with van der Waals surface area (Å²) >= 11 is 9.49. The van der Waals surface area contributed by atoms with E-state index >= 15 is 0 Å². The average molecular weight is 289 g/mol. The second-order valence-electron chi connectivity index (χ2n) is 4.23. The Labute approximate surface area is 105 Å². The number of nitrogens with zero attached hydrogens (tertiary/aromatic N) is 1. The minimum absolute atomic E-state index is 0.813. The molecule has 82 valence electrons. The van der Waals surface area contributed by atoms with Gasteiger partial charge in [-0.2, -0.15) is 0 Å². The monoisotopic (exact) mass is 287 g/mol. The molecule has 1 aromatic carbocycles. The lowest BCUT2D eigenvalue weighted by Gasteiger charge is -2.22. The van der Waals surface area contributed by atoms with E-state index in [1.54, 1.807) is 0 Å². The highest BCUT2D eigenvalue weighted by molar-refractivity contribution is 9.08. The Morgan fingerprint density at radius 1 is 1.47 bits per heavy atom. The number of rotatable bonds is 4. The Morgan fingerprint density at radius 2 is 2.20 bits per heavy atom. The van der Waals surface area contributed by atoms with Crippen LogP contribution in [-0.4, -0.2) is 13.6 Å². The molecule has 0 unspecified atom stereocenters. The van der Waals surface area contributed by atoms with Crippen molar-refractivity contribution in [3.8, 4) is 0 Å². The number of anilines is 1. The second kappa shape index (κ2) is 4.75. The maximum absolute atomic E-state index is 5.98. The summed E-state index contributed by atoms with van der Waals surface area (Å²) in [6.07, 6.45) is 2.78. The van der Waals surface area contributed by atoms with Gasteiger partial charge in [0, 0.05) is 29.6 Å². The van der Waals surface area contributed by atoms with E-state index in [0.717, 1.165) is 16.3 Å². The SMILES string of the molecule is CN(CC1CC1)c1ccc(Cl)cc1CBr. The van der Waals surface area contributed by atoms with E-state index in [1.165, 1.54) is 30.6 Å². The Balaban J connectivity index is 2.17. The van der Waals surface area contributed by atoms with Crippen LogP contribution in [0.25, 0.3) is 0 Å². The lowest BCUT2D eigenvalue weighted by molar-refractivity contribution is 0.785. The molecule has 0 spiro atoms. The van der Waals surface area contributed by atoms with E-state index < -0.39 is 0 Å². The molecule has 1 nitrogen and oxygen atoms in total. The second-order valence-corrected chi connectivity index (χ2v) is 5.23. The van der Waals surface area contributed by atoms with E-state index in [1.807, 2.05) is 12.1 Å². The van der Waals surface area contributed by atoms with Crippen LogP contribution in [0.4, 0.5) is 5.69 Å². The minimum Gasteiger partial charge on any atom is -0.374 e. The van der Waals surface area contributed by atoms with Crippen molar-refractivity contribution < 1.29 is 0 Å². The molecule has 0 heterocycles. The molecule has 0 atom stereocenters. The number of halogens is 2. The smallest absolute Gasteiger partial charge is 0.0410 e. The van der Waals surface area contributed by atoms with Gasteiger partial charge in [-0.15, -0.1) is 0 Å². The molecule has 0 aromatic heterocycles. The van der Waals surface area contributed by atoms with E-state index in [9.17, 15) is 0 Å². The van der Waals surface area contributed by atoms with E-state index in [0.29, 0.717) is 0 Å². The molecule has 1 aliphatic rings. The predicted molar refractivity (Wildman–Crippen MR) is 70.1 cm³/mol. The lowest BCUT2D eigenvalue weighted by atomic mass is 10.2. The van der Waals surface area contributed by atoms with Crippen molar-refractivity contribution in [3.05, 3.63) is 28.8 Å². The van der Waals surface area contributed by atoms with E-state index in [-0.39, 0.29) is 0 Å². The topological polar surface area (TPSA) is 3.24 Å². The van der Waals surface area contributed by atoms with Gasteiger partial charge in [0.05, 0.1) is 0 Å². The predicted octanol–water partition coefficient (Wildman–Crippen LogP) is 4.08. The van der Waals surface area contributed by atoms with Crippen LogP contribution in [-0.2, 0) is 5.33 Å². The zero-order valence-electron chi connectivity index (χ0n) is 8.84. The van der Waals surface area contributed by atoms with Gasteiger partial charge in [-0.3, -0.25) is 0 Å². The highest BCUT2D eigenvalue weighted by Gasteiger charge is 2.23. The standard InChI is InChI=1S/C12H15BrClN/c1-15(8-9-2-3-9)12-5-4-11(14)6-10(12)7-13/h4-6,9H,2-3,7-8H2,1H3. The molecule has 0 N–H and O–H groups in total. The molecular formula is C12H15BrClN. The number of hydrogen-bond donors (Lipinski definition) is 0. The summed E-state index contributed by atoms with van der Waals surface area (Å²) in [7, 11) is 2.16. The van der Waals surface area contributed by atoms with Gasteiger partial charge in [-0.1, -0.05) is 27.5 Å². The van der Waals surface area contributed by atoms with E-state index in [4.69, 9.17) is 11.6 Å². The van der Waals surface area contributed by atoms with Crippen LogP contribution in [0.15, 0.2) is 18.2 Å². The van der Waals surface area contributed by atoms with Gasteiger partial charge in [0.1, 0.15) is 0 Å². The van der Waals surface area contributed by atoms with Crippen molar-refractivity contribution in [3.63, 3.8) is 0 Å². The van der Waals surface area contributed by atoms with Gasteiger partial charge in [-0.25, -0.2) is 0 Å². The van der Waals surface area contributed by atoms with Gasteiger partial charge >= 0.3 is 0 Å². The molecule has 0 aliphatic heterocycles. The fourth-order valence-corrected chi connectivity index (χ4v) is 2.46. The third-order valence-electron chi connectivity index (χ3n) is 2.83. The highest BCUT2D eigenvalue weighted by atomic mass is 79.9. The molecule has 3 heteroatoms. The van der Waals surface area contributed by atoms with Crippen molar-refractivity contribution in [2.24, 2.45) is 5.92 Å². The third-order valence-corrected chi connectivity index (χ3v) is 3.66. The van der Waals surface area contributed by atoms with Crippen molar-refractivity contribution in [1.29, 1.82) is 0 Å². The van der Waals surface area contributed by atoms with Gasteiger partial charge in [0.15, 0.2) is 0 Å². The fourth-order valence-electron chi connectivity index (χ4n) is 1.82. The van der Waals surface area contributed by atoms with Crippen molar-refractivity contribution in [2.75, 3.05) is 18.5 Å². The van der Waals surface area contributed by atoms with Crippen LogP contribution in [0.1, 0.15) is 18.4 Å². The maximum Gasteiger partial charge on any atom is 0.0410 e. The summed E-state index contributed by atoms with van der Waals surface area (Å²) in [5.41, 5.74) is 2.56. The Hall–Kier alpha value is -0.210. The minimum atomic E-state index is 0.813. The van der Waals surface area contributed by atoms with Crippen LogP contribution >= 0.6 is 27.5 Å². The summed E-state index contributed by atoms with van der Waals surface area (Å²) in [6, 6.07) is 6.11. The van der Waals surface area contributed by atoms with E-state index in [2.05, 4.69) is 33.9 Å². The zero-order valence-corrected chi connectivity index (χ0v) is 11.2. The lowest BCUT2D eigenvalue weighted by Crippen LogP contribution is -2.21. The van der Waals surface area contributed by atoms with Crippen molar-refractivity contribution in [2.45, 2.75) is 18.2 Å². The summed E-state index contributed by atoms with van der Waals surface area (Å²) in [4.78, 5) is 2.34. The van der Waals surface area contributed by atoms with Crippen molar-refractivity contribution in [1.82, 2.24) is 0 Å². The molecular weight excluding hydrogens is 273 g/mol. The van der Waals surface area contributed by atoms with Crippen LogP contribution in [0.3, 0.4) is 0 Å². The molecule has 1 fully saturated rings. The van der Waals surface area contributed by atoms with Gasteiger partial charge in [-0.05, 0) is 42.5 Å². The van der Waals surface area contributed by atoms with Gasteiger partial charge in [0.2, 0.25) is 0 Å². The molecule has 2 rings (SSSR count). The Morgan fingerprint density at radius 3 is 2.80 bits per heavy atom. The zero-order chi connectivity index (χ0) is 10.8. The van der Waals surface area contributed by atoms with Gasteiger partial charge < -0.3 is 4.90 Å². The molecule has 0 saturated heterocycles. The first-order chi connectivity index (χ1) is 7.20. The summed E-state index contributed by atoms with van der Waals surface area (Å²) in [5, 5.41) is 1.67. The van der Waals surface area contributed by atoms with Crippen molar-refractivity contribution >= 4 is 33.2 Å². The first-order valence-corrected chi connectivity index (χ1v) is 6.76. The van der Waals surface area contributed by atoms with Crippen LogP contribution in [0.5, 0.6) is 0 Å². The van der Waals surface area contributed by atoms with Crippen LogP contribution < -0.4 is 4.90 Å². The summed E-state index contributed by atoms with van der Waals surface area (Å²) in [6.45, 7) is 1.17. The Kier molecular flexibility index (Phi) is 3.57. The quantitative estimate of drug-likeness (QED) is 0.755. The third kappa shape index (κ3) is 2.88. The van der Waals surface area contributed by atoms with Gasteiger partial charge in [0.25, 0.3) is 0 Å². The van der Waals surface area contributed by atoms with Crippen LogP contribution in [0.2, 0.25) is 5.02 Å². The number of benzene rings is 1. The molecule has 15 heavy (non-hydrogen) atoms. The summed E-state index contributed by atoms with van der Waals surface area (Å²) < 4.78 is 0. The van der Waals surface area contributed by atoms with Crippen LogP contribution in [0, 0.1) is 5.92 Å². The molecule has 1 aliphatic carbocycles. The molecule has 0 bridgehead atoms. The summed E-state index contributed by atoms with van der Waals surface area (Å²) in [5.74, 6) is 0.911. The number of hydrogen-bond acceptors (Lipinski definition) is 1. The first-order valence-electron chi connectivity index (χ1n) is 5.26. The fraction of sp³-hybridized carbons (Fsp3) is 0.500. The normalized spacial score (nSPS) is 15.4. The molecule has 1 aromatic rings. The maximum atomic E-state index is 5.98. The molecule has 0 radical (unpaired) electrons. The molecule has 0 amide bonds. The number of alkyl halides is 1.